The van der Waals surface area contributed by atoms with E-state index in [4.69, 9.17) is 28.4 Å². The van der Waals surface area contributed by atoms with Gasteiger partial charge in [-0.3, -0.25) is 0 Å². The topological polar surface area (TPSA) is 335 Å². The molecule has 0 amide bonds. The third-order valence-corrected chi connectivity index (χ3v) is 20.1. The molecule has 0 aromatic rings. The number of hydrogen-bond donors (Lipinski definition) is 13. The van der Waals surface area contributed by atoms with Crippen molar-refractivity contribution in [3.05, 3.63) is 11.6 Å². The van der Waals surface area contributed by atoms with E-state index in [9.17, 15) is 71.2 Å². The zero-order valence-corrected chi connectivity index (χ0v) is 40.3. The van der Waals surface area contributed by atoms with Gasteiger partial charge in [-0.25, -0.2) is 4.79 Å². The van der Waals surface area contributed by atoms with Crippen LogP contribution in [0.25, 0.3) is 0 Å². The number of ether oxygens (including phenoxy) is 6. The normalized spacial score (nSPS) is 55.3. The largest absolute Gasteiger partial charge is 0.479 e. The summed E-state index contributed by atoms with van der Waals surface area (Å²) in [6.45, 7) is 14.7. The number of hydrogen-bond acceptors (Lipinski definition) is 19. The van der Waals surface area contributed by atoms with Gasteiger partial charge < -0.3 is 94.8 Å². The second kappa shape index (κ2) is 18.2. The van der Waals surface area contributed by atoms with E-state index in [0.29, 0.717) is 38.5 Å². The van der Waals surface area contributed by atoms with Crippen LogP contribution in [0.1, 0.15) is 93.9 Å². The lowest BCUT2D eigenvalue weighted by Gasteiger charge is -2.73. The Bertz CT molecular complexity index is 1880. The molecule has 7 fully saturated rings. The van der Waals surface area contributed by atoms with Crippen molar-refractivity contribution < 1.29 is 99.6 Å². The van der Waals surface area contributed by atoms with E-state index in [1.807, 2.05) is 27.7 Å². The number of allylic oxidation sites excluding steroid dienone is 1. The van der Waals surface area contributed by atoms with Crippen LogP contribution in [0, 0.1) is 56.2 Å². The van der Waals surface area contributed by atoms with Crippen molar-refractivity contribution in [2.24, 2.45) is 56.2 Å². The molecule has 5 aliphatic carbocycles. The maximum atomic E-state index is 12.8. The molecular formula is C48H78O20. The Morgan fingerprint density at radius 3 is 1.81 bits per heavy atom. The molecule has 8 aliphatic rings. The molecule has 3 aliphatic heterocycles. The van der Waals surface area contributed by atoms with E-state index in [2.05, 4.69) is 33.8 Å². The van der Waals surface area contributed by atoms with Gasteiger partial charge in [0.2, 0.25) is 0 Å². The molecule has 3 heterocycles. The predicted molar refractivity (Wildman–Crippen MR) is 233 cm³/mol. The van der Waals surface area contributed by atoms with E-state index in [1.165, 1.54) is 0 Å². The van der Waals surface area contributed by atoms with Gasteiger partial charge in [0, 0.05) is 5.41 Å². The van der Waals surface area contributed by atoms with Crippen molar-refractivity contribution in [3.8, 4) is 0 Å². The van der Waals surface area contributed by atoms with Gasteiger partial charge in [0.05, 0.1) is 49.7 Å². The minimum Gasteiger partial charge on any atom is -0.479 e. The van der Waals surface area contributed by atoms with Crippen LogP contribution in [0.2, 0.25) is 0 Å². The molecular weight excluding hydrogens is 897 g/mol. The van der Waals surface area contributed by atoms with Crippen LogP contribution in [0.4, 0.5) is 0 Å². The molecule has 0 bridgehead atoms. The fourth-order valence-electron chi connectivity index (χ4n) is 15.5. The average molecular weight is 975 g/mol. The van der Waals surface area contributed by atoms with Crippen molar-refractivity contribution in [1.29, 1.82) is 0 Å². The van der Waals surface area contributed by atoms with Crippen LogP contribution in [0.15, 0.2) is 11.6 Å². The van der Waals surface area contributed by atoms with Crippen molar-refractivity contribution >= 4 is 5.97 Å². The second-order valence-corrected chi connectivity index (χ2v) is 23.6. The maximum Gasteiger partial charge on any atom is 0.335 e. The van der Waals surface area contributed by atoms with Gasteiger partial charge in [-0.05, 0) is 83.9 Å². The maximum absolute atomic E-state index is 12.8. The number of carboxylic acids is 1. The van der Waals surface area contributed by atoms with Crippen LogP contribution in [0.3, 0.4) is 0 Å². The molecule has 0 aromatic carbocycles. The fourth-order valence-corrected chi connectivity index (χ4v) is 15.5. The molecule has 13 N–H and O–H groups in total. The molecule has 26 atom stereocenters. The number of aliphatic carboxylic acids is 1. The summed E-state index contributed by atoms with van der Waals surface area (Å²) in [6, 6.07) is 0. The van der Waals surface area contributed by atoms with Gasteiger partial charge in [-0.2, -0.15) is 0 Å². The molecule has 68 heavy (non-hydrogen) atoms. The van der Waals surface area contributed by atoms with Gasteiger partial charge in [0.1, 0.15) is 61.0 Å². The minimum atomic E-state index is -2.09. The molecule has 0 radical (unpaired) electrons. The summed E-state index contributed by atoms with van der Waals surface area (Å²) in [7, 11) is 0. The molecule has 390 valence electrons. The van der Waals surface area contributed by atoms with Gasteiger partial charge >= 0.3 is 5.97 Å². The predicted octanol–water partition coefficient (Wildman–Crippen LogP) is -1.50. The van der Waals surface area contributed by atoms with Crippen molar-refractivity contribution in [1.82, 2.24) is 0 Å². The standard InChI is InChI=1S/C48H78O20/c1-19-36(58)48(18-51)21(15-43(19,2)3)20-9-10-25-45(6)13-12-26(44(4,5)24(45)11-14-46(25,7)47(20,8)37(59)38(48)60)65-42-35(68-41-31(56)29(54)27(52)22(16-49)63-41)33(32(57)34(67-42)39(61)62)66-40-30(55)28(53)23(17-50)64-40/h9,19,21-38,40-42,49-60H,10-18H2,1-8H3,(H,61,62)/t19-,21?,22?,23-,24?,25?,26-,27-,28?,29+,30-,31?,32-,33+,34?,35?,36-,37-,38+,40-,41-,42+,45-,46+,47-,48+/m0/s1. The van der Waals surface area contributed by atoms with Crippen molar-refractivity contribution in [2.75, 3.05) is 19.8 Å². The van der Waals surface area contributed by atoms with Gasteiger partial charge in [0.25, 0.3) is 0 Å². The van der Waals surface area contributed by atoms with Gasteiger partial charge in [0.15, 0.2) is 25.0 Å². The SMILES string of the molecule is C[C@H]1[C@H](O)[C@@]2(CO)C(CC1(C)C)C1=CCC3[C@@]4(C)CC[C@H](O[C@@H]5OC(C(=O)O)[C@@H](O)[C@@H](O[C@@H]6O[C@@H](CO)C(O)[C@@H]6O)C5O[C@@H]5OC(CO)[C@H](O)[C@@H](O)C5O)C(C)(C)C4CC[C@@]3(C)[C@]1(C)[C@@H](O)[C@H]2O. The molecule has 8 unspecified atom stereocenters. The van der Waals surface area contributed by atoms with Crippen LogP contribution in [0.5, 0.6) is 0 Å². The Morgan fingerprint density at radius 1 is 0.662 bits per heavy atom. The van der Waals surface area contributed by atoms with Crippen LogP contribution < -0.4 is 0 Å². The lowest BCUT2D eigenvalue weighted by molar-refractivity contribution is -0.386. The highest BCUT2D eigenvalue weighted by molar-refractivity contribution is 5.73. The lowest BCUT2D eigenvalue weighted by atomic mass is 9.32. The number of fused-ring (bicyclic) bond motifs is 7. The first-order valence-corrected chi connectivity index (χ1v) is 24.5. The summed E-state index contributed by atoms with van der Waals surface area (Å²) >= 11 is 0. The summed E-state index contributed by atoms with van der Waals surface area (Å²) in [5.41, 5.74) is -3.31. The summed E-state index contributed by atoms with van der Waals surface area (Å²) in [5.74, 6) is -2.36. The van der Waals surface area contributed by atoms with Crippen LogP contribution in [-0.4, -0.2) is 203 Å². The smallest absolute Gasteiger partial charge is 0.335 e. The third-order valence-electron chi connectivity index (χ3n) is 20.1. The quantitative estimate of drug-likeness (QED) is 0.0876. The molecule has 8 rings (SSSR count). The zero-order chi connectivity index (χ0) is 50.2. The zero-order valence-electron chi connectivity index (χ0n) is 40.3. The highest BCUT2D eigenvalue weighted by Crippen LogP contribution is 2.76. The van der Waals surface area contributed by atoms with Crippen molar-refractivity contribution in [2.45, 2.75) is 204 Å². The number of aliphatic hydroxyl groups excluding tert-OH is 12. The molecule has 3 saturated heterocycles. The van der Waals surface area contributed by atoms with E-state index in [0.717, 1.165) is 5.57 Å². The highest BCUT2D eigenvalue weighted by atomic mass is 16.8. The van der Waals surface area contributed by atoms with E-state index < -0.39 is 163 Å². The van der Waals surface area contributed by atoms with E-state index >= 15 is 0 Å². The molecule has 20 heteroatoms. The molecule has 4 saturated carbocycles. The Hall–Kier alpha value is -1.51. The summed E-state index contributed by atoms with van der Waals surface area (Å²) in [4.78, 5) is 12.8. The highest BCUT2D eigenvalue weighted by Gasteiger charge is 2.75. The number of carbonyl (C=O) groups is 1. The first-order valence-electron chi connectivity index (χ1n) is 24.5. The average Bonchev–Trinajstić information content (AvgIpc) is 3.55. The molecule has 0 spiro atoms. The summed E-state index contributed by atoms with van der Waals surface area (Å²) < 4.78 is 36.3. The lowest BCUT2D eigenvalue weighted by Crippen LogP contribution is -2.75. The fraction of sp³-hybridized carbons (Fsp3) is 0.938. The van der Waals surface area contributed by atoms with Crippen LogP contribution >= 0.6 is 0 Å². The molecule has 0 aromatic heterocycles. The van der Waals surface area contributed by atoms with Gasteiger partial charge in [-0.15, -0.1) is 0 Å². The second-order valence-electron chi connectivity index (χ2n) is 23.6. The van der Waals surface area contributed by atoms with Crippen LogP contribution in [-0.2, 0) is 33.2 Å². The van der Waals surface area contributed by atoms with Crippen molar-refractivity contribution in [3.63, 3.8) is 0 Å². The minimum absolute atomic E-state index is 0.0277. The Kier molecular flexibility index (Phi) is 14.1. The summed E-state index contributed by atoms with van der Waals surface area (Å²) in [6.07, 6.45) is -23.7. The summed E-state index contributed by atoms with van der Waals surface area (Å²) in [5, 5.41) is 143. The first kappa shape index (κ1) is 52.8. The Morgan fingerprint density at radius 2 is 1.24 bits per heavy atom. The molecule has 20 nitrogen and oxygen atoms in total. The first-order chi connectivity index (χ1) is 31.6. The number of carboxylic acid groups (broad SMARTS) is 1. The van der Waals surface area contributed by atoms with E-state index in [-0.39, 0.29) is 29.1 Å². The monoisotopic (exact) mass is 975 g/mol. The number of aliphatic hydroxyl groups is 12. The Labute approximate surface area is 396 Å². The third kappa shape index (κ3) is 7.47. The Balaban J connectivity index is 1.12. The van der Waals surface area contributed by atoms with Gasteiger partial charge in [-0.1, -0.05) is 67.0 Å². The number of rotatable bonds is 10. The van der Waals surface area contributed by atoms with E-state index in [1.54, 1.807) is 0 Å².